The zero-order valence-electron chi connectivity index (χ0n) is 8.26. The summed E-state index contributed by atoms with van der Waals surface area (Å²) in [5, 5.41) is 4.04. The van der Waals surface area contributed by atoms with Crippen molar-refractivity contribution in [1.29, 1.82) is 0 Å². The molecule has 2 aromatic rings. The lowest BCUT2D eigenvalue weighted by atomic mass is 10.2. The van der Waals surface area contributed by atoms with Crippen LogP contribution in [0.5, 0.6) is 0 Å². The molecule has 0 aliphatic carbocycles. The molecule has 0 fully saturated rings. The van der Waals surface area contributed by atoms with Gasteiger partial charge in [0, 0.05) is 0 Å². The highest BCUT2D eigenvalue weighted by Gasteiger charge is 1.89. The fourth-order valence-electron chi connectivity index (χ4n) is 1.21. The fourth-order valence-corrected chi connectivity index (χ4v) is 1.21. The fraction of sp³-hybridized carbons (Fsp3) is 0.0833. The van der Waals surface area contributed by atoms with E-state index in [4.69, 9.17) is 4.42 Å². The van der Waals surface area contributed by atoms with Gasteiger partial charge in [0.15, 0.2) is 0 Å². The summed E-state index contributed by atoms with van der Waals surface area (Å²) in [6, 6.07) is 13.8. The molecule has 0 atom stereocenters. The predicted molar refractivity (Wildman–Crippen MR) is 59.6 cm³/mol. The quantitative estimate of drug-likeness (QED) is 0.608. The first kappa shape index (κ1) is 9.52. The summed E-state index contributed by atoms with van der Waals surface area (Å²) >= 11 is 0. The van der Waals surface area contributed by atoms with Crippen LogP contribution >= 0.6 is 0 Å². The van der Waals surface area contributed by atoms with Crippen LogP contribution in [0.15, 0.2) is 58.2 Å². The maximum Gasteiger partial charge on any atom is 0.146 e. The normalized spacial score (nSPS) is 10.7. The molecule has 0 unspecified atom stereocenters. The molecule has 1 N–H and O–H groups in total. The van der Waals surface area contributed by atoms with Crippen molar-refractivity contribution < 1.29 is 4.42 Å². The van der Waals surface area contributed by atoms with Gasteiger partial charge in [-0.2, -0.15) is 5.10 Å². The maximum absolute atomic E-state index is 5.10. The van der Waals surface area contributed by atoms with E-state index in [1.807, 2.05) is 30.3 Å². The third kappa shape index (κ3) is 2.98. The molecule has 1 heterocycles. The number of nitrogens with one attached hydrogen (secondary N) is 1. The van der Waals surface area contributed by atoms with Gasteiger partial charge in [0.1, 0.15) is 5.76 Å². The van der Waals surface area contributed by atoms with E-state index < -0.39 is 0 Å². The van der Waals surface area contributed by atoms with Crippen LogP contribution in [-0.2, 0) is 6.54 Å². The van der Waals surface area contributed by atoms with Gasteiger partial charge in [0.25, 0.3) is 0 Å². The molecule has 1 aromatic carbocycles. The van der Waals surface area contributed by atoms with Crippen LogP contribution in [0.3, 0.4) is 0 Å². The molecule has 0 aliphatic rings. The molecule has 3 heteroatoms. The lowest BCUT2D eigenvalue weighted by molar-refractivity contribution is 0.559. The topological polar surface area (TPSA) is 37.5 Å². The van der Waals surface area contributed by atoms with Crippen LogP contribution in [0, 0.1) is 0 Å². The molecule has 0 radical (unpaired) electrons. The maximum atomic E-state index is 5.10. The molecule has 0 spiro atoms. The summed E-state index contributed by atoms with van der Waals surface area (Å²) in [6.45, 7) is 0.720. The number of hydrazone groups is 1. The molecule has 76 valence electrons. The number of furan rings is 1. The van der Waals surface area contributed by atoms with E-state index in [9.17, 15) is 0 Å². The second-order valence-corrected chi connectivity index (χ2v) is 3.09. The smallest absolute Gasteiger partial charge is 0.146 e. The van der Waals surface area contributed by atoms with Gasteiger partial charge in [-0.05, 0) is 17.7 Å². The van der Waals surface area contributed by atoms with Crippen LogP contribution < -0.4 is 5.43 Å². The van der Waals surface area contributed by atoms with E-state index in [1.165, 1.54) is 5.56 Å². The molecule has 0 amide bonds. The molecule has 15 heavy (non-hydrogen) atoms. The highest BCUT2D eigenvalue weighted by atomic mass is 16.3. The number of rotatable bonds is 4. The Morgan fingerprint density at radius 1 is 1.13 bits per heavy atom. The van der Waals surface area contributed by atoms with Gasteiger partial charge in [-0.3, -0.25) is 0 Å². The van der Waals surface area contributed by atoms with Gasteiger partial charge in [-0.1, -0.05) is 30.3 Å². The van der Waals surface area contributed by atoms with Gasteiger partial charge in [-0.15, -0.1) is 0 Å². The highest BCUT2D eigenvalue weighted by molar-refractivity contribution is 5.75. The third-order valence-electron chi connectivity index (χ3n) is 1.95. The van der Waals surface area contributed by atoms with E-state index in [0.29, 0.717) is 0 Å². The van der Waals surface area contributed by atoms with E-state index in [2.05, 4.69) is 22.7 Å². The monoisotopic (exact) mass is 200 g/mol. The van der Waals surface area contributed by atoms with E-state index in [-0.39, 0.29) is 0 Å². The zero-order chi connectivity index (χ0) is 10.3. The van der Waals surface area contributed by atoms with Crippen molar-refractivity contribution >= 4 is 6.21 Å². The molecule has 0 saturated carbocycles. The van der Waals surface area contributed by atoms with Crippen molar-refractivity contribution in [1.82, 2.24) is 5.43 Å². The van der Waals surface area contributed by atoms with Crippen molar-refractivity contribution in [2.45, 2.75) is 6.54 Å². The van der Waals surface area contributed by atoms with Crippen molar-refractivity contribution in [2.24, 2.45) is 5.10 Å². The average Bonchev–Trinajstić information content (AvgIpc) is 2.79. The summed E-state index contributed by atoms with van der Waals surface area (Å²) in [5.41, 5.74) is 4.15. The summed E-state index contributed by atoms with van der Waals surface area (Å²) in [5.74, 6) is 0.746. The van der Waals surface area contributed by atoms with Crippen LogP contribution in [0.2, 0.25) is 0 Å². The van der Waals surface area contributed by atoms with Crippen molar-refractivity contribution in [3.63, 3.8) is 0 Å². The van der Waals surface area contributed by atoms with E-state index in [0.717, 1.165) is 12.3 Å². The van der Waals surface area contributed by atoms with Gasteiger partial charge in [-0.25, -0.2) is 0 Å². The Balaban J connectivity index is 1.80. The number of benzene rings is 1. The lowest BCUT2D eigenvalue weighted by Crippen LogP contribution is -2.04. The van der Waals surface area contributed by atoms with E-state index in [1.54, 1.807) is 12.5 Å². The Morgan fingerprint density at radius 3 is 2.73 bits per heavy atom. The third-order valence-corrected chi connectivity index (χ3v) is 1.95. The van der Waals surface area contributed by atoms with Crippen LogP contribution in [-0.4, -0.2) is 6.21 Å². The molecule has 0 saturated heterocycles. The molecule has 2 rings (SSSR count). The van der Waals surface area contributed by atoms with Crippen LogP contribution in [0.4, 0.5) is 0 Å². The molecular weight excluding hydrogens is 188 g/mol. The largest absolute Gasteiger partial charge is 0.463 e. The number of hydrogen-bond acceptors (Lipinski definition) is 3. The van der Waals surface area contributed by atoms with Crippen LogP contribution in [0.1, 0.15) is 11.3 Å². The van der Waals surface area contributed by atoms with E-state index >= 15 is 0 Å². The average molecular weight is 200 g/mol. The Morgan fingerprint density at radius 2 is 2.00 bits per heavy atom. The Kier molecular flexibility index (Phi) is 3.18. The summed E-state index contributed by atoms with van der Waals surface area (Å²) in [6.07, 6.45) is 3.28. The predicted octanol–water partition coefficient (Wildman–Crippen LogP) is 2.40. The van der Waals surface area contributed by atoms with Crippen molar-refractivity contribution in [3.8, 4) is 0 Å². The summed E-state index contributed by atoms with van der Waals surface area (Å²) in [4.78, 5) is 0. The van der Waals surface area contributed by atoms with Gasteiger partial charge >= 0.3 is 0 Å². The van der Waals surface area contributed by atoms with Gasteiger partial charge in [0.2, 0.25) is 0 Å². The molecular formula is C12H12N2O. The first-order valence-electron chi connectivity index (χ1n) is 4.78. The van der Waals surface area contributed by atoms with Crippen molar-refractivity contribution in [2.75, 3.05) is 0 Å². The minimum atomic E-state index is 0.720. The minimum Gasteiger partial charge on any atom is -0.463 e. The number of hydrogen-bond donors (Lipinski definition) is 1. The summed E-state index contributed by atoms with van der Waals surface area (Å²) in [7, 11) is 0. The lowest BCUT2D eigenvalue weighted by Gasteiger charge is -1.98. The molecule has 0 aliphatic heterocycles. The molecule has 0 bridgehead atoms. The standard InChI is InChI=1S/C12H12N2O/c1-2-5-11(6-3-1)9-13-14-10-12-7-4-8-15-12/h1-8,10,13H,9H2. The Bertz CT molecular complexity index is 406. The Labute approximate surface area is 88.4 Å². The minimum absolute atomic E-state index is 0.720. The SMILES string of the molecule is C(=NNCc1ccccc1)c1ccco1. The second-order valence-electron chi connectivity index (χ2n) is 3.09. The zero-order valence-corrected chi connectivity index (χ0v) is 8.26. The molecule has 3 nitrogen and oxygen atoms in total. The highest BCUT2D eigenvalue weighted by Crippen LogP contribution is 1.97. The second kappa shape index (κ2) is 5.00. The first-order valence-corrected chi connectivity index (χ1v) is 4.78. The van der Waals surface area contributed by atoms with Gasteiger partial charge in [0.05, 0.1) is 19.0 Å². The Hall–Kier alpha value is -2.03. The van der Waals surface area contributed by atoms with Crippen LogP contribution in [0.25, 0.3) is 0 Å². The van der Waals surface area contributed by atoms with Crippen molar-refractivity contribution in [3.05, 3.63) is 60.1 Å². The number of nitrogens with zero attached hydrogens (tertiary/aromatic N) is 1. The summed E-state index contributed by atoms with van der Waals surface area (Å²) < 4.78 is 5.10. The first-order chi connectivity index (χ1) is 7.45. The van der Waals surface area contributed by atoms with Gasteiger partial charge < -0.3 is 9.84 Å². The molecule has 1 aromatic heterocycles.